The van der Waals surface area contributed by atoms with Gasteiger partial charge in [0.1, 0.15) is 5.75 Å². The van der Waals surface area contributed by atoms with E-state index in [0.29, 0.717) is 23.8 Å². The molecule has 0 aliphatic rings. The first-order valence-corrected chi connectivity index (χ1v) is 9.94. The second kappa shape index (κ2) is 9.17. The molecule has 4 aromatic rings. The van der Waals surface area contributed by atoms with E-state index in [1.165, 1.54) is 12.4 Å². The Morgan fingerprint density at radius 2 is 1.68 bits per heavy atom. The third kappa shape index (κ3) is 5.11. The van der Waals surface area contributed by atoms with E-state index in [9.17, 15) is 4.79 Å². The van der Waals surface area contributed by atoms with Crippen LogP contribution in [0.15, 0.2) is 79.3 Å². The topological polar surface area (TPSA) is 77.0 Å². The predicted octanol–water partition coefficient (Wildman–Crippen LogP) is 4.88. The summed E-state index contributed by atoms with van der Waals surface area (Å²) in [4.78, 5) is 25.3. The highest BCUT2D eigenvalue weighted by molar-refractivity contribution is 5.93. The minimum atomic E-state index is -0.240. The van der Waals surface area contributed by atoms with Gasteiger partial charge in [-0.1, -0.05) is 48.5 Å². The first-order chi connectivity index (χ1) is 15.1. The van der Waals surface area contributed by atoms with E-state index < -0.39 is 0 Å². The number of hydrogen-bond donors (Lipinski definition) is 1. The lowest BCUT2D eigenvalue weighted by Gasteiger charge is -2.10. The summed E-state index contributed by atoms with van der Waals surface area (Å²) in [5.41, 5.74) is 4.35. The number of nitrogens with one attached hydrogen (secondary N) is 1. The zero-order chi connectivity index (χ0) is 21.6. The first-order valence-electron chi connectivity index (χ1n) is 9.94. The maximum atomic E-state index is 12.4. The molecule has 0 saturated carbocycles. The molecule has 0 radical (unpaired) electrons. The summed E-state index contributed by atoms with van der Waals surface area (Å²) in [5.74, 6) is 1.64. The lowest BCUT2D eigenvalue weighted by Crippen LogP contribution is -2.23. The molecule has 1 amide bonds. The van der Waals surface area contributed by atoms with Crippen molar-refractivity contribution in [1.29, 1.82) is 0 Å². The Bertz CT molecular complexity index is 1170. The molecule has 0 atom stereocenters. The third-order valence-corrected chi connectivity index (χ3v) is 4.75. The molecule has 1 N–H and O–H groups in total. The van der Waals surface area contributed by atoms with Gasteiger partial charge in [0.15, 0.2) is 5.82 Å². The van der Waals surface area contributed by atoms with Gasteiger partial charge in [-0.05, 0) is 36.6 Å². The average molecular weight is 410 g/mol. The van der Waals surface area contributed by atoms with Crippen molar-refractivity contribution >= 4 is 5.91 Å². The van der Waals surface area contributed by atoms with Gasteiger partial charge in [-0.15, -0.1) is 0 Å². The van der Waals surface area contributed by atoms with Crippen LogP contribution >= 0.6 is 0 Å². The predicted molar refractivity (Wildman–Crippen MR) is 119 cm³/mol. The molecule has 4 rings (SSSR count). The Hall–Kier alpha value is -4.06. The zero-order valence-corrected chi connectivity index (χ0v) is 17.4. The van der Waals surface area contributed by atoms with E-state index >= 15 is 0 Å². The molecule has 0 fully saturated rings. The van der Waals surface area contributed by atoms with Gasteiger partial charge in [0.05, 0.1) is 5.56 Å². The second-order valence-electron chi connectivity index (χ2n) is 7.22. The Morgan fingerprint density at radius 1 is 0.903 bits per heavy atom. The molecule has 0 aliphatic carbocycles. The highest BCUT2D eigenvalue weighted by Gasteiger charge is 2.09. The Labute approximate surface area is 181 Å². The number of benzene rings is 2. The van der Waals surface area contributed by atoms with Crippen LogP contribution in [0, 0.1) is 13.8 Å². The summed E-state index contributed by atoms with van der Waals surface area (Å²) in [7, 11) is 0. The van der Waals surface area contributed by atoms with Crippen LogP contribution in [-0.2, 0) is 6.54 Å². The van der Waals surface area contributed by atoms with Gasteiger partial charge in [0.2, 0.25) is 5.88 Å². The number of pyridine rings is 1. The van der Waals surface area contributed by atoms with Crippen molar-refractivity contribution in [3.8, 4) is 23.0 Å². The zero-order valence-electron chi connectivity index (χ0n) is 17.4. The van der Waals surface area contributed by atoms with Crippen LogP contribution in [-0.4, -0.2) is 20.9 Å². The largest absolute Gasteiger partial charge is 0.439 e. The number of rotatable bonds is 6. The number of carbonyl (C=O) groups excluding carboxylic acids is 1. The van der Waals surface area contributed by atoms with Gasteiger partial charge in [-0.2, -0.15) is 0 Å². The molecule has 154 valence electrons. The molecule has 31 heavy (non-hydrogen) atoms. The number of nitrogens with zero attached hydrogens (tertiary/aromatic N) is 3. The lowest BCUT2D eigenvalue weighted by molar-refractivity contribution is 0.0950. The van der Waals surface area contributed by atoms with Crippen molar-refractivity contribution in [2.75, 3.05) is 0 Å². The van der Waals surface area contributed by atoms with E-state index in [1.54, 1.807) is 12.3 Å². The standard InChI is InChI=1S/C25H22N4O2/c1-17-8-9-18(2)22(12-17)31-23-11-10-19(13-26-23)14-29-25(30)21-15-27-24(28-16-21)20-6-4-3-5-7-20/h3-13,15-16H,14H2,1-2H3,(H,29,30). The quantitative estimate of drug-likeness (QED) is 0.490. The fourth-order valence-corrected chi connectivity index (χ4v) is 2.97. The first kappa shape index (κ1) is 20.2. The molecule has 0 bridgehead atoms. The number of hydrogen-bond acceptors (Lipinski definition) is 5. The summed E-state index contributed by atoms with van der Waals surface area (Å²) in [6, 6.07) is 19.3. The smallest absolute Gasteiger partial charge is 0.254 e. The van der Waals surface area contributed by atoms with Crippen LogP contribution in [0.1, 0.15) is 27.0 Å². The minimum Gasteiger partial charge on any atom is -0.439 e. The SMILES string of the molecule is Cc1ccc(C)c(Oc2ccc(CNC(=O)c3cnc(-c4ccccc4)nc3)cn2)c1. The van der Waals surface area contributed by atoms with Gasteiger partial charge in [0, 0.05) is 36.8 Å². The molecule has 0 aliphatic heterocycles. The molecule has 0 unspecified atom stereocenters. The maximum absolute atomic E-state index is 12.4. The van der Waals surface area contributed by atoms with Crippen LogP contribution in [0.25, 0.3) is 11.4 Å². The normalized spacial score (nSPS) is 10.5. The van der Waals surface area contributed by atoms with Gasteiger partial charge >= 0.3 is 0 Å². The van der Waals surface area contributed by atoms with E-state index in [2.05, 4.69) is 20.3 Å². The van der Waals surface area contributed by atoms with Gasteiger partial charge in [0.25, 0.3) is 5.91 Å². The number of amides is 1. The van der Waals surface area contributed by atoms with Gasteiger partial charge in [-0.25, -0.2) is 15.0 Å². The van der Waals surface area contributed by atoms with Gasteiger partial charge in [-0.3, -0.25) is 4.79 Å². The van der Waals surface area contributed by atoms with Crippen molar-refractivity contribution in [3.63, 3.8) is 0 Å². The second-order valence-corrected chi connectivity index (χ2v) is 7.22. The van der Waals surface area contributed by atoms with Crippen LogP contribution in [0.5, 0.6) is 11.6 Å². The van der Waals surface area contributed by atoms with Crippen LogP contribution in [0.2, 0.25) is 0 Å². The van der Waals surface area contributed by atoms with E-state index in [-0.39, 0.29) is 5.91 Å². The van der Waals surface area contributed by atoms with E-state index in [0.717, 1.165) is 28.0 Å². The third-order valence-electron chi connectivity index (χ3n) is 4.75. The number of aryl methyl sites for hydroxylation is 2. The van der Waals surface area contributed by atoms with E-state index in [4.69, 9.17) is 4.74 Å². The van der Waals surface area contributed by atoms with Crippen LogP contribution in [0.4, 0.5) is 0 Å². The fourth-order valence-electron chi connectivity index (χ4n) is 2.97. The molecule has 0 spiro atoms. The van der Waals surface area contributed by atoms with Crippen LogP contribution in [0.3, 0.4) is 0 Å². The van der Waals surface area contributed by atoms with E-state index in [1.807, 2.05) is 68.4 Å². The molecule has 2 aromatic carbocycles. The fraction of sp³-hybridized carbons (Fsp3) is 0.120. The highest BCUT2D eigenvalue weighted by atomic mass is 16.5. The molecule has 6 heteroatoms. The van der Waals surface area contributed by atoms with Crippen molar-refractivity contribution in [3.05, 3.63) is 102 Å². The number of carbonyl (C=O) groups is 1. The molecule has 2 aromatic heterocycles. The number of aromatic nitrogens is 3. The monoisotopic (exact) mass is 410 g/mol. The molecule has 2 heterocycles. The summed E-state index contributed by atoms with van der Waals surface area (Å²) in [5, 5.41) is 2.86. The van der Waals surface area contributed by atoms with Crippen LogP contribution < -0.4 is 10.1 Å². The molecular weight excluding hydrogens is 388 g/mol. The molecule has 0 saturated heterocycles. The summed E-state index contributed by atoms with van der Waals surface area (Å²) in [6.07, 6.45) is 4.75. The van der Waals surface area contributed by atoms with Crippen molar-refractivity contribution in [1.82, 2.24) is 20.3 Å². The Balaban J connectivity index is 1.34. The maximum Gasteiger partial charge on any atom is 0.254 e. The van der Waals surface area contributed by atoms with Crippen molar-refractivity contribution in [2.24, 2.45) is 0 Å². The Morgan fingerprint density at radius 3 is 2.39 bits per heavy atom. The summed E-state index contributed by atoms with van der Waals surface area (Å²) in [6.45, 7) is 4.36. The average Bonchev–Trinajstić information content (AvgIpc) is 2.81. The highest BCUT2D eigenvalue weighted by Crippen LogP contribution is 2.24. The molecule has 6 nitrogen and oxygen atoms in total. The Kier molecular flexibility index (Phi) is 5.98. The number of ether oxygens (including phenoxy) is 1. The van der Waals surface area contributed by atoms with Crippen molar-refractivity contribution in [2.45, 2.75) is 20.4 Å². The van der Waals surface area contributed by atoms with Crippen molar-refractivity contribution < 1.29 is 9.53 Å². The summed E-state index contributed by atoms with van der Waals surface area (Å²) < 4.78 is 5.87. The van der Waals surface area contributed by atoms with Gasteiger partial charge < -0.3 is 10.1 Å². The summed E-state index contributed by atoms with van der Waals surface area (Å²) >= 11 is 0. The minimum absolute atomic E-state index is 0.240. The lowest BCUT2D eigenvalue weighted by atomic mass is 10.1. The molecular formula is C25H22N4O2.